The third-order valence-electron chi connectivity index (χ3n) is 4.29. The fraction of sp³-hybridized carbons (Fsp3) is 0.211. The number of H-pyrrole nitrogens is 1. The molecule has 0 aliphatic carbocycles. The number of carboxylic acid groups (broad SMARTS) is 1. The van der Waals surface area contributed by atoms with Gasteiger partial charge >= 0.3 is 5.97 Å². The molecule has 0 amide bonds. The molecule has 3 aromatic rings. The second-order valence-corrected chi connectivity index (χ2v) is 6.31. The van der Waals surface area contributed by atoms with E-state index in [0.717, 1.165) is 18.2 Å². The van der Waals surface area contributed by atoms with Crippen molar-refractivity contribution >= 4 is 11.8 Å². The molecular formula is C19H18FN7O3. The van der Waals surface area contributed by atoms with E-state index >= 15 is 0 Å². The van der Waals surface area contributed by atoms with Crippen LogP contribution in [0.3, 0.4) is 0 Å². The zero-order valence-electron chi connectivity index (χ0n) is 16.1. The molecule has 0 unspecified atom stereocenters. The molecule has 10 nitrogen and oxygen atoms in total. The van der Waals surface area contributed by atoms with Crippen LogP contribution in [-0.2, 0) is 6.54 Å². The summed E-state index contributed by atoms with van der Waals surface area (Å²) in [7, 11) is 1.74. The predicted molar refractivity (Wildman–Crippen MR) is 104 cm³/mol. The monoisotopic (exact) mass is 411 g/mol. The van der Waals surface area contributed by atoms with E-state index < -0.39 is 17.9 Å². The minimum atomic E-state index is -1.22. The normalized spacial score (nSPS) is 11.7. The first-order valence-corrected chi connectivity index (χ1v) is 8.79. The van der Waals surface area contributed by atoms with Crippen LogP contribution in [0.1, 0.15) is 40.3 Å². The number of hydrogen-bond donors (Lipinski definition) is 4. The number of nitriles is 1. The molecule has 0 bridgehead atoms. The lowest BCUT2D eigenvalue weighted by molar-refractivity contribution is 0.0691. The van der Waals surface area contributed by atoms with Gasteiger partial charge in [-0.25, -0.2) is 19.2 Å². The molecule has 30 heavy (non-hydrogen) atoms. The highest BCUT2D eigenvalue weighted by molar-refractivity contribution is 5.89. The number of carbonyl (C=O) groups is 1. The Morgan fingerprint density at radius 2 is 2.27 bits per heavy atom. The van der Waals surface area contributed by atoms with Crippen LogP contribution in [0.15, 0.2) is 24.4 Å². The van der Waals surface area contributed by atoms with E-state index in [9.17, 15) is 19.6 Å². The van der Waals surface area contributed by atoms with Crippen molar-refractivity contribution in [3.8, 4) is 23.2 Å². The second kappa shape index (κ2) is 8.54. The fourth-order valence-corrected chi connectivity index (χ4v) is 2.92. The summed E-state index contributed by atoms with van der Waals surface area (Å²) in [5.41, 5.74) is 7.35. The van der Waals surface area contributed by atoms with E-state index in [1.807, 2.05) is 6.07 Å². The number of halogens is 1. The highest BCUT2D eigenvalue weighted by Gasteiger charge is 2.22. The predicted octanol–water partition coefficient (Wildman–Crippen LogP) is 2.02. The number of aromatic amines is 1. The molecule has 11 heteroatoms. The molecule has 5 N–H and O–H groups in total. The molecule has 0 aliphatic rings. The van der Waals surface area contributed by atoms with Crippen LogP contribution in [0.5, 0.6) is 5.88 Å². The quantitative estimate of drug-likeness (QED) is 0.455. The van der Waals surface area contributed by atoms with Crippen molar-refractivity contribution in [2.24, 2.45) is 0 Å². The minimum Gasteiger partial charge on any atom is -0.478 e. The van der Waals surface area contributed by atoms with Gasteiger partial charge in [0, 0.05) is 12.1 Å². The van der Waals surface area contributed by atoms with Gasteiger partial charge in [0.1, 0.15) is 18.0 Å². The van der Waals surface area contributed by atoms with Crippen LogP contribution in [0.2, 0.25) is 0 Å². The van der Waals surface area contributed by atoms with Crippen molar-refractivity contribution in [1.82, 2.24) is 25.5 Å². The molecule has 3 rings (SSSR count). The van der Waals surface area contributed by atoms with Crippen molar-refractivity contribution in [1.29, 1.82) is 5.26 Å². The average Bonchev–Trinajstić information content (AvgIpc) is 3.12. The number of anilines is 1. The number of ether oxygens (including phenoxy) is 1. The van der Waals surface area contributed by atoms with E-state index in [4.69, 9.17) is 10.5 Å². The summed E-state index contributed by atoms with van der Waals surface area (Å²) < 4.78 is 19.4. The van der Waals surface area contributed by atoms with Gasteiger partial charge in [0.05, 0.1) is 28.7 Å². The Kier molecular flexibility index (Phi) is 5.89. The maximum absolute atomic E-state index is 13.7. The lowest BCUT2D eigenvalue weighted by Crippen LogP contribution is -2.13. The van der Waals surface area contributed by atoms with E-state index in [-0.39, 0.29) is 28.5 Å². The largest absolute Gasteiger partial charge is 0.478 e. The molecule has 2 heterocycles. The number of benzene rings is 1. The van der Waals surface area contributed by atoms with Crippen LogP contribution in [0, 0.1) is 17.1 Å². The van der Waals surface area contributed by atoms with Crippen LogP contribution < -0.4 is 15.8 Å². The Morgan fingerprint density at radius 1 is 1.50 bits per heavy atom. The molecule has 1 aromatic carbocycles. The average molecular weight is 411 g/mol. The summed E-state index contributed by atoms with van der Waals surface area (Å²) in [6, 6.07) is 5.28. The Balaban J connectivity index is 2.00. The molecule has 0 fully saturated rings. The molecule has 0 spiro atoms. The Hall–Kier alpha value is -4.04. The molecule has 0 radical (unpaired) electrons. The Morgan fingerprint density at radius 3 is 2.93 bits per heavy atom. The molecule has 0 aliphatic heterocycles. The van der Waals surface area contributed by atoms with Crippen LogP contribution in [0.25, 0.3) is 11.3 Å². The Labute approximate surface area is 170 Å². The lowest BCUT2D eigenvalue weighted by Gasteiger charge is -2.17. The molecule has 1 atom stereocenters. The first-order valence-electron chi connectivity index (χ1n) is 8.79. The zero-order valence-corrected chi connectivity index (χ0v) is 16.1. The highest BCUT2D eigenvalue weighted by Crippen LogP contribution is 2.31. The first kappa shape index (κ1) is 20.7. The van der Waals surface area contributed by atoms with Crippen molar-refractivity contribution in [2.75, 3.05) is 12.8 Å². The number of aromatic nitrogens is 4. The van der Waals surface area contributed by atoms with Gasteiger partial charge in [-0.05, 0) is 32.2 Å². The number of carboxylic acids is 1. The van der Waals surface area contributed by atoms with Gasteiger partial charge < -0.3 is 20.9 Å². The molecule has 0 saturated heterocycles. The maximum atomic E-state index is 13.7. The summed E-state index contributed by atoms with van der Waals surface area (Å²) in [5.74, 6) is -1.95. The van der Waals surface area contributed by atoms with Crippen molar-refractivity contribution in [2.45, 2.75) is 19.6 Å². The van der Waals surface area contributed by atoms with Crippen molar-refractivity contribution < 1.29 is 19.0 Å². The van der Waals surface area contributed by atoms with Crippen molar-refractivity contribution in [3.63, 3.8) is 0 Å². The van der Waals surface area contributed by atoms with E-state index in [1.54, 1.807) is 14.0 Å². The summed E-state index contributed by atoms with van der Waals surface area (Å²) in [6.45, 7) is 1.94. The topological polar surface area (TPSA) is 163 Å². The Bertz CT molecular complexity index is 1140. The number of rotatable bonds is 7. The van der Waals surface area contributed by atoms with Gasteiger partial charge in [0.2, 0.25) is 0 Å². The van der Waals surface area contributed by atoms with Gasteiger partial charge in [0.25, 0.3) is 5.88 Å². The van der Waals surface area contributed by atoms with Crippen molar-refractivity contribution in [3.05, 3.63) is 52.7 Å². The third kappa shape index (κ3) is 4.03. The van der Waals surface area contributed by atoms with Gasteiger partial charge in [-0.3, -0.25) is 5.10 Å². The fourth-order valence-electron chi connectivity index (χ4n) is 2.92. The second-order valence-electron chi connectivity index (χ2n) is 6.31. The number of nitrogen functional groups attached to an aromatic ring is 1. The SMILES string of the molecule is CNCc1[nH]nc(C#N)c1-c1cnc(N)c(O[C@H](C)c2cc(F)ccc2C(=O)O)n1. The maximum Gasteiger partial charge on any atom is 0.336 e. The van der Waals surface area contributed by atoms with Gasteiger partial charge in [-0.2, -0.15) is 10.4 Å². The molecular weight excluding hydrogens is 393 g/mol. The number of nitrogens with one attached hydrogen (secondary N) is 2. The molecule has 0 saturated carbocycles. The number of nitrogens with two attached hydrogens (primary N) is 1. The van der Waals surface area contributed by atoms with Gasteiger partial charge in [0.15, 0.2) is 11.5 Å². The highest BCUT2D eigenvalue weighted by atomic mass is 19.1. The number of hydrogen-bond acceptors (Lipinski definition) is 8. The van der Waals surface area contributed by atoms with E-state index in [0.29, 0.717) is 23.5 Å². The summed E-state index contributed by atoms with van der Waals surface area (Å²) in [4.78, 5) is 19.9. The lowest BCUT2D eigenvalue weighted by atomic mass is 10.0. The zero-order chi connectivity index (χ0) is 21.8. The summed E-state index contributed by atoms with van der Waals surface area (Å²) >= 11 is 0. The van der Waals surface area contributed by atoms with E-state index in [2.05, 4.69) is 25.5 Å². The van der Waals surface area contributed by atoms with Gasteiger partial charge in [-0.1, -0.05) is 0 Å². The minimum absolute atomic E-state index is 0.0453. The molecule has 2 aromatic heterocycles. The number of aromatic carboxylic acids is 1. The first-order chi connectivity index (χ1) is 14.3. The smallest absolute Gasteiger partial charge is 0.336 e. The van der Waals surface area contributed by atoms with Crippen LogP contribution in [0.4, 0.5) is 10.2 Å². The summed E-state index contributed by atoms with van der Waals surface area (Å²) in [6.07, 6.45) is 0.484. The third-order valence-corrected chi connectivity index (χ3v) is 4.29. The summed E-state index contributed by atoms with van der Waals surface area (Å²) in [5, 5.41) is 28.4. The standard InChI is InChI=1S/C19H18FN7O3/c1-9(12-5-10(20)3-4-11(12)19(28)29)30-18-17(22)24-8-14(25-18)16-13(6-21)26-27-15(16)7-23-2/h3-5,8-9,23H,7H2,1-2H3,(H2,22,24)(H,26,27)(H,28,29)/t9-/m1/s1. The van der Waals surface area contributed by atoms with Crippen LogP contribution >= 0.6 is 0 Å². The number of nitrogens with zero attached hydrogens (tertiary/aromatic N) is 4. The van der Waals surface area contributed by atoms with E-state index in [1.165, 1.54) is 6.20 Å². The van der Waals surface area contributed by atoms with Crippen LogP contribution in [-0.4, -0.2) is 38.3 Å². The molecule has 154 valence electrons. The van der Waals surface area contributed by atoms with Gasteiger partial charge in [-0.15, -0.1) is 0 Å².